The lowest BCUT2D eigenvalue weighted by molar-refractivity contribution is -0.384. The molecular weight excluding hydrogens is 396 g/mol. The van der Waals surface area contributed by atoms with Crippen LogP contribution in [0.5, 0.6) is 5.75 Å². The summed E-state index contributed by atoms with van der Waals surface area (Å²) >= 11 is 0. The van der Waals surface area contributed by atoms with Crippen LogP contribution in [0.4, 0.5) is 5.69 Å². The topological polar surface area (TPSA) is 98.5 Å². The van der Waals surface area contributed by atoms with Gasteiger partial charge in [-0.3, -0.25) is 19.7 Å². The number of carbonyl (C=O) groups excluding carboxylic acids is 2. The van der Waals surface area contributed by atoms with Gasteiger partial charge in [0, 0.05) is 31.0 Å². The standard InChI is InChI=1S/C24H24N2O5/c1-3-4-12-22(28)25-24(18-9-7-10-19(15-18)26(29)30)23-20-11-6-5-8-17(20)13-14-21(23)31-16(2)27/h5-11,13-15,24H,3-4,12H2,1-2H3,(H,25,28)/t24-/m1/s1. The number of carbonyl (C=O) groups is 2. The third-order valence-corrected chi connectivity index (χ3v) is 4.95. The number of hydrogen-bond donors (Lipinski definition) is 1. The first kappa shape index (κ1) is 22.0. The maximum absolute atomic E-state index is 12.7. The molecule has 1 N–H and O–H groups in total. The van der Waals surface area contributed by atoms with Gasteiger partial charge in [-0.25, -0.2) is 0 Å². The molecule has 0 saturated heterocycles. The number of nitro groups is 1. The van der Waals surface area contributed by atoms with Crippen molar-refractivity contribution >= 4 is 28.3 Å². The molecule has 31 heavy (non-hydrogen) atoms. The zero-order valence-corrected chi connectivity index (χ0v) is 17.5. The van der Waals surface area contributed by atoms with Gasteiger partial charge < -0.3 is 10.1 Å². The number of rotatable bonds is 8. The molecule has 0 unspecified atom stereocenters. The number of nitrogens with one attached hydrogen (secondary N) is 1. The average molecular weight is 420 g/mol. The summed E-state index contributed by atoms with van der Waals surface area (Å²) < 4.78 is 5.47. The zero-order chi connectivity index (χ0) is 22.4. The number of hydrogen-bond acceptors (Lipinski definition) is 5. The maximum Gasteiger partial charge on any atom is 0.308 e. The largest absolute Gasteiger partial charge is 0.426 e. The lowest BCUT2D eigenvalue weighted by Crippen LogP contribution is -2.30. The van der Waals surface area contributed by atoms with Crippen LogP contribution in [0.1, 0.15) is 50.3 Å². The van der Waals surface area contributed by atoms with E-state index in [0.29, 0.717) is 23.3 Å². The molecule has 160 valence electrons. The van der Waals surface area contributed by atoms with Crippen LogP contribution in [0.25, 0.3) is 10.8 Å². The van der Waals surface area contributed by atoms with E-state index in [2.05, 4.69) is 5.32 Å². The maximum atomic E-state index is 12.7. The molecule has 7 heteroatoms. The van der Waals surface area contributed by atoms with E-state index in [9.17, 15) is 19.7 Å². The summed E-state index contributed by atoms with van der Waals surface area (Å²) in [5, 5.41) is 16.0. The van der Waals surface area contributed by atoms with Crippen LogP contribution in [0.3, 0.4) is 0 Å². The second-order valence-corrected chi connectivity index (χ2v) is 7.25. The Morgan fingerprint density at radius 2 is 1.87 bits per heavy atom. The molecule has 0 bridgehead atoms. The number of benzene rings is 3. The molecule has 3 aromatic carbocycles. The predicted octanol–water partition coefficient (Wildman–Crippen LogP) is 5.07. The van der Waals surface area contributed by atoms with Crippen LogP contribution in [0.2, 0.25) is 0 Å². The van der Waals surface area contributed by atoms with Gasteiger partial charge in [-0.2, -0.15) is 0 Å². The second-order valence-electron chi connectivity index (χ2n) is 7.25. The molecule has 1 atom stereocenters. The molecule has 3 rings (SSSR count). The van der Waals surface area contributed by atoms with E-state index >= 15 is 0 Å². The first-order valence-electron chi connectivity index (χ1n) is 10.1. The summed E-state index contributed by atoms with van der Waals surface area (Å²) in [5.41, 5.74) is 1.03. The number of fused-ring (bicyclic) bond motifs is 1. The van der Waals surface area contributed by atoms with Crippen molar-refractivity contribution in [2.45, 2.75) is 39.2 Å². The van der Waals surface area contributed by atoms with E-state index in [4.69, 9.17) is 4.74 Å². The van der Waals surface area contributed by atoms with E-state index in [1.807, 2.05) is 37.3 Å². The van der Waals surface area contributed by atoms with E-state index in [1.165, 1.54) is 19.1 Å². The number of non-ortho nitro benzene ring substituents is 1. The van der Waals surface area contributed by atoms with Gasteiger partial charge in [0.2, 0.25) is 5.91 Å². The van der Waals surface area contributed by atoms with E-state index in [0.717, 1.165) is 23.6 Å². The lowest BCUT2D eigenvalue weighted by atomic mass is 9.92. The molecule has 0 fully saturated rings. The minimum absolute atomic E-state index is 0.0837. The third kappa shape index (κ3) is 5.25. The van der Waals surface area contributed by atoms with Crippen molar-refractivity contribution in [1.82, 2.24) is 5.32 Å². The number of amides is 1. The van der Waals surface area contributed by atoms with Gasteiger partial charge in [-0.15, -0.1) is 0 Å². The van der Waals surface area contributed by atoms with Crippen LogP contribution < -0.4 is 10.1 Å². The van der Waals surface area contributed by atoms with Crippen molar-refractivity contribution in [1.29, 1.82) is 0 Å². The van der Waals surface area contributed by atoms with Gasteiger partial charge in [-0.05, 0) is 28.8 Å². The van der Waals surface area contributed by atoms with Gasteiger partial charge in [0.05, 0.1) is 11.0 Å². The fourth-order valence-electron chi connectivity index (χ4n) is 3.53. The summed E-state index contributed by atoms with van der Waals surface area (Å²) in [4.78, 5) is 35.3. The first-order valence-corrected chi connectivity index (χ1v) is 10.1. The van der Waals surface area contributed by atoms with Crippen molar-refractivity contribution in [3.05, 3.63) is 81.9 Å². The Morgan fingerprint density at radius 1 is 1.10 bits per heavy atom. The molecule has 7 nitrogen and oxygen atoms in total. The molecule has 1 amide bonds. The highest BCUT2D eigenvalue weighted by atomic mass is 16.6. The molecule has 0 aromatic heterocycles. The molecule has 0 heterocycles. The Balaban J connectivity index is 2.22. The fraction of sp³-hybridized carbons (Fsp3) is 0.250. The summed E-state index contributed by atoms with van der Waals surface area (Å²) in [5.74, 6) is -0.370. The summed E-state index contributed by atoms with van der Waals surface area (Å²) in [7, 11) is 0. The Morgan fingerprint density at radius 3 is 2.58 bits per heavy atom. The van der Waals surface area contributed by atoms with Gasteiger partial charge >= 0.3 is 5.97 Å². The molecule has 0 radical (unpaired) electrons. The average Bonchev–Trinajstić information content (AvgIpc) is 2.76. The van der Waals surface area contributed by atoms with Crippen molar-refractivity contribution in [2.75, 3.05) is 0 Å². The summed E-state index contributed by atoms with van der Waals surface area (Å²) in [6.45, 7) is 3.30. The van der Waals surface area contributed by atoms with Crippen LogP contribution in [0.15, 0.2) is 60.7 Å². The van der Waals surface area contributed by atoms with E-state index in [1.54, 1.807) is 18.2 Å². The number of unbranched alkanes of at least 4 members (excludes halogenated alkanes) is 1. The summed E-state index contributed by atoms with van der Waals surface area (Å²) in [6.07, 6.45) is 1.91. The van der Waals surface area contributed by atoms with Gasteiger partial charge in [0.15, 0.2) is 0 Å². The monoisotopic (exact) mass is 420 g/mol. The van der Waals surface area contributed by atoms with E-state index < -0.39 is 16.9 Å². The van der Waals surface area contributed by atoms with Gasteiger partial charge in [0.1, 0.15) is 5.75 Å². The van der Waals surface area contributed by atoms with Crippen molar-refractivity contribution in [3.63, 3.8) is 0 Å². The molecular formula is C24H24N2O5. The Bertz CT molecular complexity index is 1130. The molecule has 0 saturated carbocycles. The van der Waals surface area contributed by atoms with Crippen LogP contribution in [0, 0.1) is 10.1 Å². The highest BCUT2D eigenvalue weighted by molar-refractivity contribution is 5.90. The molecule has 0 aliphatic carbocycles. The zero-order valence-electron chi connectivity index (χ0n) is 17.5. The number of esters is 1. The Labute approximate surface area is 180 Å². The normalized spacial score (nSPS) is 11.7. The predicted molar refractivity (Wildman–Crippen MR) is 118 cm³/mol. The minimum atomic E-state index is -0.732. The first-order chi connectivity index (χ1) is 14.9. The lowest BCUT2D eigenvalue weighted by Gasteiger charge is -2.24. The summed E-state index contributed by atoms with van der Waals surface area (Å²) in [6, 6.07) is 16.4. The van der Waals surface area contributed by atoms with Gasteiger partial charge in [0.25, 0.3) is 5.69 Å². The number of nitro benzene ring substituents is 1. The van der Waals surface area contributed by atoms with Crippen molar-refractivity contribution < 1.29 is 19.2 Å². The van der Waals surface area contributed by atoms with Crippen LogP contribution in [-0.4, -0.2) is 16.8 Å². The number of ether oxygens (including phenoxy) is 1. The molecule has 0 spiro atoms. The van der Waals surface area contributed by atoms with Crippen molar-refractivity contribution in [2.24, 2.45) is 0 Å². The number of nitrogens with zero attached hydrogens (tertiary/aromatic N) is 1. The van der Waals surface area contributed by atoms with Crippen LogP contribution >= 0.6 is 0 Å². The van der Waals surface area contributed by atoms with E-state index in [-0.39, 0.29) is 11.6 Å². The molecule has 0 aliphatic rings. The highest BCUT2D eigenvalue weighted by Crippen LogP contribution is 2.37. The van der Waals surface area contributed by atoms with Gasteiger partial charge in [-0.1, -0.05) is 55.8 Å². The van der Waals surface area contributed by atoms with Crippen LogP contribution in [-0.2, 0) is 9.59 Å². The smallest absolute Gasteiger partial charge is 0.308 e. The third-order valence-electron chi connectivity index (χ3n) is 4.95. The Hall–Kier alpha value is -3.74. The Kier molecular flexibility index (Phi) is 6.97. The van der Waals surface area contributed by atoms with Crippen molar-refractivity contribution in [3.8, 4) is 5.75 Å². The fourth-order valence-corrected chi connectivity index (χ4v) is 3.53. The minimum Gasteiger partial charge on any atom is -0.426 e. The molecule has 3 aromatic rings. The molecule has 0 aliphatic heterocycles. The highest BCUT2D eigenvalue weighted by Gasteiger charge is 2.25. The quantitative estimate of drug-likeness (QED) is 0.237. The SMILES string of the molecule is CCCCC(=O)N[C@H](c1cccc([N+](=O)[O-])c1)c1c(OC(C)=O)ccc2ccccc12. The second kappa shape index (κ2) is 9.84.